The number of thiazole rings is 1. The van der Waals surface area contributed by atoms with Gasteiger partial charge in [0.25, 0.3) is 0 Å². The van der Waals surface area contributed by atoms with Crippen molar-refractivity contribution in [2.75, 3.05) is 17.7 Å². The first-order valence-electron chi connectivity index (χ1n) is 7.81. The molecule has 0 aliphatic rings. The van der Waals surface area contributed by atoms with Crippen molar-refractivity contribution in [2.24, 2.45) is 0 Å². The van der Waals surface area contributed by atoms with E-state index in [-0.39, 0.29) is 12.3 Å². The van der Waals surface area contributed by atoms with Crippen LogP contribution in [0.15, 0.2) is 41.9 Å². The molecule has 1 aromatic carbocycles. The van der Waals surface area contributed by atoms with Crippen LogP contribution in [-0.4, -0.2) is 23.0 Å². The number of pyridine rings is 1. The van der Waals surface area contributed by atoms with E-state index in [1.807, 2.05) is 24.4 Å². The molecule has 134 valence electrons. The highest BCUT2D eigenvalue weighted by Gasteiger charge is 2.11. The molecule has 2 heterocycles. The maximum Gasteiger partial charge on any atom is 0.230 e. The number of nitrogens with one attached hydrogen (secondary N) is 2. The average Bonchev–Trinajstić information content (AvgIpc) is 3.01. The molecule has 2 N–H and O–H groups in total. The van der Waals surface area contributed by atoms with E-state index in [9.17, 15) is 4.79 Å². The topological polar surface area (TPSA) is 76.1 Å². The Hall–Kier alpha value is -2.64. The fourth-order valence-corrected chi connectivity index (χ4v) is 3.19. The molecular formula is C18H17ClN4O2S. The Morgan fingerprint density at radius 3 is 2.92 bits per heavy atom. The number of hydrogen-bond acceptors (Lipinski definition) is 6. The Labute approximate surface area is 160 Å². The number of aromatic nitrogens is 2. The van der Waals surface area contributed by atoms with Gasteiger partial charge in [0.2, 0.25) is 5.91 Å². The van der Waals surface area contributed by atoms with Crippen molar-refractivity contribution in [2.45, 2.75) is 13.3 Å². The van der Waals surface area contributed by atoms with Crippen LogP contribution in [0.3, 0.4) is 0 Å². The molecule has 0 bridgehead atoms. The lowest BCUT2D eigenvalue weighted by atomic mass is 10.2. The molecule has 2 aromatic heterocycles. The lowest BCUT2D eigenvalue weighted by Gasteiger charge is -2.10. The number of hydrogen-bond donors (Lipinski definition) is 2. The van der Waals surface area contributed by atoms with Crippen molar-refractivity contribution in [3.63, 3.8) is 0 Å². The number of benzene rings is 1. The first kappa shape index (κ1) is 18.2. The summed E-state index contributed by atoms with van der Waals surface area (Å²) in [6, 6.07) is 8.91. The number of halogens is 1. The Bertz CT molecular complexity index is 929. The minimum atomic E-state index is -0.198. The van der Waals surface area contributed by atoms with Crippen molar-refractivity contribution in [3.05, 3.63) is 58.2 Å². The molecule has 0 fully saturated rings. The van der Waals surface area contributed by atoms with Crippen molar-refractivity contribution in [3.8, 4) is 5.75 Å². The van der Waals surface area contributed by atoms with Gasteiger partial charge in [-0.1, -0.05) is 11.6 Å². The number of carbonyl (C=O) groups excluding carboxylic acids is 1. The second-order valence-electron chi connectivity index (χ2n) is 5.56. The molecule has 0 atom stereocenters. The van der Waals surface area contributed by atoms with Gasteiger partial charge in [-0.3, -0.25) is 4.79 Å². The van der Waals surface area contributed by atoms with Crippen molar-refractivity contribution in [1.29, 1.82) is 0 Å². The Kier molecular flexibility index (Phi) is 5.70. The van der Waals surface area contributed by atoms with Crippen LogP contribution in [0.1, 0.15) is 11.3 Å². The monoisotopic (exact) mass is 388 g/mol. The van der Waals surface area contributed by atoms with Crippen LogP contribution < -0.4 is 15.4 Å². The van der Waals surface area contributed by atoms with E-state index >= 15 is 0 Å². The third kappa shape index (κ3) is 4.71. The largest absolute Gasteiger partial charge is 0.495 e. The highest BCUT2D eigenvalue weighted by atomic mass is 35.5. The van der Waals surface area contributed by atoms with Crippen LogP contribution in [0.25, 0.3) is 0 Å². The summed E-state index contributed by atoms with van der Waals surface area (Å²) < 4.78 is 5.23. The SMILES string of the molecule is COc1ccc(Cl)cc1NC(=O)Cc1csc(Nc2cc(C)ccn2)n1. The smallest absolute Gasteiger partial charge is 0.230 e. The quantitative estimate of drug-likeness (QED) is 0.653. The number of aryl methyl sites for hydroxylation is 1. The molecule has 0 aliphatic heterocycles. The van der Waals surface area contributed by atoms with Gasteiger partial charge in [-0.25, -0.2) is 9.97 Å². The van der Waals surface area contributed by atoms with E-state index in [0.717, 1.165) is 11.4 Å². The predicted octanol–water partition coefficient (Wildman–Crippen LogP) is 4.43. The standard InChI is InChI=1S/C18H17ClN4O2S/c1-11-5-6-20-16(7-11)23-18-21-13(10-26-18)9-17(24)22-14-8-12(19)3-4-15(14)25-2/h3-8,10H,9H2,1-2H3,(H,22,24)(H,20,21,23). The molecule has 0 radical (unpaired) electrons. The number of ether oxygens (including phenoxy) is 1. The van der Waals surface area contributed by atoms with E-state index < -0.39 is 0 Å². The van der Waals surface area contributed by atoms with Gasteiger partial charge in [0.15, 0.2) is 5.13 Å². The molecule has 0 aliphatic carbocycles. The van der Waals surface area contributed by atoms with Gasteiger partial charge < -0.3 is 15.4 Å². The zero-order chi connectivity index (χ0) is 18.5. The molecule has 26 heavy (non-hydrogen) atoms. The zero-order valence-electron chi connectivity index (χ0n) is 14.2. The van der Waals surface area contributed by atoms with Crippen molar-refractivity contribution in [1.82, 2.24) is 9.97 Å². The highest BCUT2D eigenvalue weighted by Crippen LogP contribution is 2.28. The summed E-state index contributed by atoms with van der Waals surface area (Å²) in [6.45, 7) is 1.99. The maximum absolute atomic E-state index is 12.3. The number of amides is 1. The highest BCUT2D eigenvalue weighted by molar-refractivity contribution is 7.13. The van der Waals surface area contributed by atoms with Crippen LogP contribution in [0.2, 0.25) is 5.02 Å². The molecule has 3 rings (SSSR count). The average molecular weight is 389 g/mol. The summed E-state index contributed by atoms with van der Waals surface area (Å²) in [5, 5.41) is 8.99. The fraction of sp³-hybridized carbons (Fsp3) is 0.167. The first-order valence-corrected chi connectivity index (χ1v) is 9.07. The molecule has 0 spiro atoms. The zero-order valence-corrected chi connectivity index (χ0v) is 15.8. The molecular weight excluding hydrogens is 372 g/mol. The molecule has 0 unspecified atom stereocenters. The number of anilines is 3. The Morgan fingerprint density at radius 1 is 1.31 bits per heavy atom. The molecule has 6 nitrogen and oxygen atoms in total. The van der Waals surface area contributed by atoms with E-state index in [1.165, 1.54) is 18.4 Å². The third-order valence-corrected chi connectivity index (χ3v) is 4.52. The van der Waals surface area contributed by atoms with E-state index in [2.05, 4.69) is 20.6 Å². The van der Waals surface area contributed by atoms with Crippen molar-refractivity contribution < 1.29 is 9.53 Å². The minimum Gasteiger partial charge on any atom is -0.495 e. The van der Waals surface area contributed by atoms with Gasteiger partial charge in [0.1, 0.15) is 11.6 Å². The molecule has 8 heteroatoms. The maximum atomic E-state index is 12.3. The molecule has 0 saturated heterocycles. The van der Waals surface area contributed by atoms with Gasteiger partial charge in [-0.05, 0) is 42.8 Å². The number of methoxy groups -OCH3 is 1. The number of rotatable bonds is 6. The van der Waals surface area contributed by atoms with Gasteiger partial charge >= 0.3 is 0 Å². The second-order valence-corrected chi connectivity index (χ2v) is 6.85. The molecule has 0 saturated carbocycles. The summed E-state index contributed by atoms with van der Waals surface area (Å²) in [5.41, 5.74) is 2.31. The van der Waals surface area contributed by atoms with Crippen LogP contribution in [-0.2, 0) is 11.2 Å². The Morgan fingerprint density at radius 2 is 2.15 bits per heavy atom. The minimum absolute atomic E-state index is 0.148. The summed E-state index contributed by atoms with van der Waals surface area (Å²) >= 11 is 7.40. The van der Waals surface area contributed by atoms with Gasteiger partial charge in [-0.15, -0.1) is 11.3 Å². The van der Waals surface area contributed by atoms with E-state index in [4.69, 9.17) is 16.3 Å². The lowest BCUT2D eigenvalue weighted by Crippen LogP contribution is -2.15. The fourth-order valence-electron chi connectivity index (χ4n) is 2.30. The van der Waals surface area contributed by atoms with E-state index in [0.29, 0.717) is 27.3 Å². The Balaban J connectivity index is 1.64. The predicted molar refractivity (Wildman–Crippen MR) is 105 cm³/mol. The van der Waals surface area contributed by atoms with Crippen LogP contribution in [0, 0.1) is 6.92 Å². The third-order valence-electron chi connectivity index (χ3n) is 3.48. The second kappa shape index (κ2) is 8.16. The van der Waals surface area contributed by atoms with Crippen LogP contribution in [0.5, 0.6) is 5.75 Å². The summed E-state index contributed by atoms with van der Waals surface area (Å²) in [5.74, 6) is 1.07. The van der Waals surface area contributed by atoms with E-state index in [1.54, 1.807) is 24.4 Å². The van der Waals surface area contributed by atoms with Crippen molar-refractivity contribution >= 4 is 45.5 Å². The van der Waals surface area contributed by atoms with Crippen LogP contribution in [0.4, 0.5) is 16.6 Å². The molecule has 1 amide bonds. The van der Waals surface area contributed by atoms with Gasteiger partial charge in [-0.2, -0.15) is 0 Å². The first-order chi connectivity index (χ1) is 12.5. The summed E-state index contributed by atoms with van der Waals surface area (Å²) in [4.78, 5) is 21.0. The van der Waals surface area contributed by atoms with Gasteiger partial charge in [0.05, 0.1) is 24.9 Å². The summed E-state index contributed by atoms with van der Waals surface area (Å²) in [7, 11) is 1.54. The summed E-state index contributed by atoms with van der Waals surface area (Å²) in [6.07, 6.45) is 1.88. The molecule has 3 aromatic rings. The van der Waals surface area contributed by atoms with Crippen LogP contribution >= 0.6 is 22.9 Å². The number of nitrogens with zero attached hydrogens (tertiary/aromatic N) is 2. The van der Waals surface area contributed by atoms with Gasteiger partial charge in [0, 0.05) is 16.6 Å². The normalized spacial score (nSPS) is 10.4. The lowest BCUT2D eigenvalue weighted by molar-refractivity contribution is -0.115. The number of carbonyl (C=O) groups is 1.